The van der Waals surface area contributed by atoms with Crippen molar-refractivity contribution in [1.82, 2.24) is 0 Å². The maximum Gasteiger partial charge on any atom is 0.00858 e. The van der Waals surface area contributed by atoms with Gasteiger partial charge in [0.25, 0.3) is 0 Å². The molecule has 1 fully saturated rings. The van der Waals surface area contributed by atoms with Crippen molar-refractivity contribution < 1.29 is 0 Å². The molecule has 82 valence electrons. The van der Waals surface area contributed by atoms with Crippen molar-refractivity contribution in [2.24, 2.45) is 5.41 Å². The predicted octanol–water partition coefficient (Wildman–Crippen LogP) is 4.53. The Morgan fingerprint density at radius 2 is 1.93 bits per heavy atom. The van der Waals surface area contributed by atoms with Gasteiger partial charge in [-0.3, -0.25) is 0 Å². The van der Waals surface area contributed by atoms with Gasteiger partial charge in [0.15, 0.2) is 0 Å². The van der Waals surface area contributed by atoms with Crippen molar-refractivity contribution in [1.29, 1.82) is 0 Å². The Hall–Kier alpha value is -0.300. The van der Waals surface area contributed by atoms with E-state index in [2.05, 4.69) is 54.0 Å². The Labute approximate surface area is 101 Å². The van der Waals surface area contributed by atoms with Gasteiger partial charge in [-0.05, 0) is 41.7 Å². The molecule has 0 nitrogen and oxygen atoms in total. The number of alkyl halides is 1. The molecule has 0 aliphatic heterocycles. The average molecular weight is 267 g/mol. The molecule has 0 atom stereocenters. The Morgan fingerprint density at radius 1 is 1.27 bits per heavy atom. The van der Waals surface area contributed by atoms with Crippen molar-refractivity contribution in [2.75, 3.05) is 5.33 Å². The summed E-state index contributed by atoms with van der Waals surface area (Å²) in [6, 6.07) is 8.97. The van der Waals surface area contributed by atoms with Crippen LogP contribution >= 0.6 is 15.9 Å². The minimum atomic E-state index is 0.366. The van der Waals surface area contributed by atoms with Gasteiger partial charge < -0.3 is 0 Å². The largest absolute Gasteiger partial charge is 0.0922 e. The third kappa shape index (κ3) is 2.84. The summed E-state index contributed by atoms with van der Waals surface area (Å²) in [4.78, 5) is 0. The zero-order valence-corrected chi connectivity index (χ0v) is 11.2. The molecule has 0 spiro atoms. The van der Waals surface area contributed by atoms with Gasteiger partial charge in [0.2, 0.25) is 0 Å². The number of rotatable bonds is 4. The third-order valence-electron chi connectivity index (χ3n) is 3.10. The first-order valence-corrected chi connectivity index (χ1v) is 6.88. The molecule has 0 radical (unpaired) electrons. The molecule has 1 aromatic rings. The van der Waals surface area contributed by atoms with E-state index in [1.54, 1.807) is 11.1 Å². The molecule has 1 heteroatoms. The minimum absolute atomic E-state index is 0.366. The van der Waals surface area contributed by atoms with Gasteiger partial charge in [0, 0.05) is 5.33 Å². The summed E-state index contributed by atoms with van der Waals surface area (Å²) in [5.41, 5.74) is 3.53. The molecule has 0 heterocycles. The zero-order chi connectivity index (χ0) is 10.9. The van der Waals surface area contributed by atoms with Crippen LogP contribution in [-0.4, -0.2) is 5.33 Å². The molecule has 0 N–H and O–H groups in total. The molecule has 0 aromatic heterocycles. The second kappa shape index (κ2) is 4.29. The summed E-state index contributed by atoms with van der Waals surface area (Å²) in [6.45, 7) is 4.65. The molecule has 2 rings (SSSR count). The summed E-state index contributed by atoms with van der Waals surface area (Å²) in [5, 5.41) is 1.07. The summed E-state index contributed by atoms with van der Waals surface area (Å²) in [6.07, 6.45) is 3.97. The maximum absolute atomic E-state index is 3.61. The molecule has 1 aliphatic rings. The monoisotopic (exact) mass is 266 g/mol. The lowest BCUT2D eigenvalue weighted by atomic mass is 9.85. The van der Waals surface area contributed by atoms with Crippen molar-refractivity contribution in [2.45, 2.75) is 39.0 Å². The second-order valence-corrected chi connectivity index (χ2v) is 6.01. The van der Waals surface area contributed by atoms with E-state index in [0.29, 0.717) is 5.41 Å². The van der Waals surface area contributed by atoms with Gasteiger partial charge >= 0.3 is 0 Å². The molecule has 1 aliphatic carbocycles. The molecular weight excluding hydrogens is 248 g/mol. The lowest BCUT2D eigenvalue weighted by molar-refractivity contribution is 0.423. The zero-order valence-electron chi connectivity index (χ0n) is 9.59. The molecule has 0 unspecified atom stereocenters. The SMILES string of the molecule is CC(C)(CBr)Cc1ccccc1C1CC1. The standard InChI is InChI=1S/C14H19Br/c1-14(2,10-15)9-12-5-3-4-6-13(12)11-7-8-11/h3-6,11H,7-10H2,1-2H3. The van der Waals surface area contributed by atoms with Gasteiger partial charge in [-0.25, -0.2) is 0 Å². The first-order chi connectivity index (χ1) is 7.12. The fourth-order valence-electron chi connectivity index (χ4n) is 2.05. The number of hydrogen-bond acceptors (Lipinski definition) is 0. The first kappa shape index (κ1) is 11.2. The Bertz CT molecular complexity index is 337. The fourth-order valence-corrected chi connectivity index (χ4v) is 2.25. The molecular formula is C14H19Br. The Morgan fingerprint density at radius 3 is 2.53 bits per heavy atom. The Balaban J connectivity index is 2.20. The lowest BCUT2D eigenvalue weighted by Crippen LogP contribution is -2.17. The van der Waals surface area contributed by atoms with Crippen LogP contribution in [0.4, 0.5) is 0 Å². The number of hydrogen-bond donors (Lipinski definition) is 0. The van der Waals surface area contributed by atoms with E-state index < -0.39 is 0 Å². The maximum atomic E-state index is 3.61. The highest BCUT2D eigenvalue weighted by molar-refractivity contribution is 9.09. The van der Waals surface area contributed by atoms with Crippen LogP contribution in [-0.2, 0) is 6.42 Å². The van der Waals surface area contributed by atoms with Crippen LogP contribution < -0.4 is 0 Å². The fraction of sp³-hybridized carbons (Fsp3) is 0.571. The lowest BCUT2D eigenvalue weighted by Gasteiger charge is -2.23. The smallest absolute Gasteiger partial charge is 0.00858 e. The van der Waals surface area contributed by atoms with Crippen LogP contribution in [0.3, 0.4) is 0 Å². The number of halogens is 1. The highest BCUT2D eigenvalue weighted by Gasteiger charge is 2.27. The van der Waals surface area contributed by atoms with Gasteiger partial charge in [-0.2, -0.15) is 0 Å². The summed E-state index contributed by atoms with van der Waals surface area (Å²) in [7, 11) is 0. The van der Waals surface area contributed by atoms with E-state index in [1.807, 2.05) is 0 Å². The van der Waals surface area contributed by atoms with Gasteiger partial charge in [-0.15, -0.1) is 0 Å². The molecule has 0 saturated heterocycles. The molecule has 1 aromatic carbocycles. The normalized spacial score (nSPS) is 16.7. The quantitative estimate of drug-likeness (QED) is 0.703. The summed E-state index contributed by atoms with van der Waals surface area (Å²) in [5.74, 6) is 0.868. The van der Waals surface area contributed by atoms with Crippen molar-refractivity contribution >= 4 is 15.9 Å². The van der Waals surface area contributed by atoms with Crippen LogP contribution in [0.5, 0.6) is 0 Å². The van der Waals surface area contributed by atoms with E-state index in [4.69, 9.17) is 0 Å². The van der Waals surface area contributed by atoms with E-state index in [-0.39, 0.29) is 0 Å². The van der Waals surface area contributed by atoms with Crippen LogP contribution in [0.25, 0.3) is 0 Å². The van der Waals surface area contributed by atoms with Gasteiger partial charge in [0.05, 0.1) is 0 Å². The molecule has 1 saturated carbocycles. The predicted molar refractivity (Wildman–Crippen MR) is 69.7 cm³/mol. The van der Waals surface area contributed by atoms with E-state index in [1.165, 1.54) is 19.3 Å². The Kier molecular flexibility index (Phi) is 3.20. The van der Waals surface area contributed by atoms with Crippen LogP contribution in [0.15, 0.2) is 24.3 Å². The van der Waals surface area contributed by atoms with E-state index in [9.17, 15) is 0 Å². The number of benzene rings is 1. The highest BCUT2D eigenvalue weighted by Crippen LogP contribution is 2.42. The van der Waals surface area contributed by atoms with Crippen molar-refractivity contribution in [3.63, 3.8) is 0 Å². The molecule has 0 amide bonds. The van der Waals surface area contributed by atoms with E-state index >= 15 is 0 Å². The minimum Gasteiger partial charge on any atom is -0.0922 e. The van der Waals surface area contributed by atoms with Crippen LogP contribution in [0, 0.1) is 5.41 Å². The van der Waals surface area contributed by atoms with Gasteiger partial charge in [-0.1, -0.05) is 54.0 Å². The van der Waals surface area contributed by atoms with E-state index in [0.717, 1.165) is 11.2 Å². The van der Waals surface area contributed by atoms with Crippen LogP contribution in [0.2, 0.25) is 0 Å². The summed E-state index contributed by atoms with van der Waals surface area (Å²) >= 11 is 3.61. The average Bonchev–Trinajstić information content (AvgIpc) is 3.02. The van der Waals surface area contributed by atoms with Crippen molar-refractivity contribution in [3.05, 3.63) is 35.4 Å². The second-order valence-electron chi connectivity index (χ2n) is 5.45. The summed E-state index contributed by atoms with van der Waals surface area (Å²) < 4.78 is 0. The third-order valence-corrected chi connectivity index (χ3v) is 4.62. The highest BCUT2D eigenvalue weighted by atomic mass is 79.9. The topological polar surface area (TPSA) is 0 Å². The van der Waals surface area contributed by atoms with Crippen molar-refractivity contribution in [3.8, 4) is 0 Å². The van der Waals surface area contributed by atoms with Gasteiger partial charge in [0.1, 0.15) is 0 Å². The van der Waals surface area contributed by atoms with Crippen LogP contribution in [0.1, 0.15) is 43.7 Å². The molecule has 0 bridgehead atoms. The molecule has 15 heavy (non-hydrogen) atoms. The first-order valence-electron chi connectivity index (χ1n) is 5.76.